The van der Waals surface area contributed by atoms with Gasteiger partial charge in [-0.2, -0.15) is 5.06 Å². The number of methoxy groups -OCH3 is 1. The number of likely N-dealkylation sites (N-methyl/N-ethyl adjacent to an activating group) is 1. The number of rotatable bonds is 12. The van der Waals surface area contributed by atoms with Gasteiger partial charge < -0.3 is 30.5 Å². The van der Waals surface area contributed by atoms with Gasteiger partial charge in [-0.15, -0.1) is 0 Å². The third kappa shape index (κ3) is 7.26. The summed E-state index contributed by atoms with van der Waals surface area (Å²) in [6, 6.07) is 10.5. The summed E-state index contributed by atoms with van der Waals surface area (Å²) in [6.45, 7) is 9.64. The van der Waals surface area contributed by atoms with Gasteiger partial charge in [0.1, 0.15) is 17.9 Å². The highest BCUT2D eigenvalue weighted by Gasteiger charge is 2.57. The molecule has 258 valence electrons. The Kier molecular flexibility index (Phi) is 11.0. The molecule has 2 amide bonds. The van der Waals surface area contributed by atoms with Gasteiger partial charge in [0, 0.05) is 46.2 Å². The van der Waals surface area contributed by atoms with Gasteiger partial charge in [-0.3, -0.25) is 14.4 Å². The number of aliphatic hydroxyl groups excluding tert-OH is 2. The molecular weight excluding hydrogens is 664 g/mol. The van der Waals surface area contributed by atoms with Crippen LogP contribution in [0.2, 0.25) is 0 Å². The number of nitrogens with one attached hydrogen (secondary N) is 2. The number of carbonyl (C=O) groups excluding carboxylic acids is 2. The average Bonchev–Trinajstić information content (AvgIpc) is 3.39. The van der Waals surface area contributed by atoms with Crippen molar-refractivity contribution in [2.45, 2.75) is 71.4 Å². The number of carbonyl (C=O) groups is 2. The number of nitrogens with zero attached hydrogens (tertiary/aromatic N) is 2. The lowest BCUT2D eigenvalue weighted by Crippen LogP contribution is -2.62. The van der Waals surface area contributed by atoms with Crippen molar-refractivity contribution in [2.24, 2.45) is 29.1 Å². The summed E-state index contributed by atoms with van der Waals surface area (Å²) in [5.41, 5.74) is 3.13. The van der Waals surface area contributed by atoms with Crippen LogP contribution in [0.1, 0.15) is 56.5 Å². The summed E-state index contributed by atoms with van der Waals surface area (Å²) in [6.07, 6.45) is 0.514. The van der Waals surface area contributed by atoms with Crippen molar-refractivity contribution < 1.29 is 29.4 Å². The fourth-order valence-corrected chi connectivity index (χ4v) is 8.69. The molecule has 1 aliphatic heterocycles. The molecule has 2 aromatic carbocycles. The molecule has 0 radical (unpaired) electrons. The number of halogens is 1. The molecule has 1 heterocycles. The second kappa shape index (κ2) is 14.5. The van der Waals surface area contributed by atoms with E-state index in [2.05, 4.69) is 47.3 Å². The van der Waals surface area contributed by atoms with Gasteiger partial charge in [-0.05, 0) is 80.8 Å². The lowest BCUT2D eigenvalue weighted by atomic mass is 9.45. The smallest absolute Gasteiger partial charge is 0.251 e. The zero-order chi connectivity index (χ0) is 34.2. The van der Waals surface area contributed by atoms with Crippen LogP contribution in [0, 0.1) is 29.1 Å². The summed E-state index contributed by atoms with van der Waals surface area (Å²) in [4.78, 5) is 35.3. The minimum atomic E-state index is -0.888. The van der Waals surface area contributed by atoms with Crippen LogP contribution < -0.4 is 15.4 Å². The first kappa shape index (κ1) is 35.8. The summed E-state index contributed by atoms with van der Waals surface area (Å²) in [5.74, 6) is 1.07. The molecule has 11 heteroatoms. The van der Waals surface area contributed by atoms with E-state index in [4.69, 9.17) is 9.57 Å². The van der Waals surface area contributed by atoms with Gasteiger partial charge >= 0.3 is 0 Å². The monoisotopic (exact) mass is 714 g/mol. The molecule has 0 aromatic heterocycles. The minimum absolute atomic E-state index is 0.0487. The lowest BCUT2D eigenvalue weighted by molar-refractivity contribution is -0.183. The molecule has 2 aromatic rings. The second-order valence-corrected chi connectivity index (χ2v) is 15.4. The topological polar surface area (TPSA) is 124 Å². The number of ether oxygens (including phenoxy) is 1. The van der Waals surface area contributed by atoms with E-state index in [1.165, 1.54) is 6.42 Å². The Balaban J connectivity index is 1.41. The average molecular weight is 716 g/mol. The Morgan fingerprint density at radius 3 is 2.57 bits per heavy atom. The van der Waals surface area contributed by atoms with Gasteiger partial charge in [0.25, 0.3) is 5.91 Å². The molecule has 8 atom stereocenters. The minimum Gasteiger partial charge on any atom is -0.496 e. The number of fused-ring (bicyclic) bond motifs is 2. The van der Waals surface area contributed by atoms with Gasteiger partial charge in [0.15, 0.2) is 0 Å². The van der Waals surface area contributed by atoms with E-state index in [9.17, 15) is 19.8 Å². The Morgan fingerprint density at radius 1 is 1.21 bits per heavy atom. The SMILES string of the molecule is COc1c(CN2O[C@@H](CO)C(C(C)O)[C@H]2C(=O)N[C@H]2C[C@@H]3C[C@@H]([C@@H]2C)C3(C)C)cccc1-c1cc(Br)cc(C(=O)NCCN(C)C)c1. The van der Waals surface area contributed by atoms with E-state index in [0.717, 1.165) is 34.1 Å². The molecule has 47 heavy (non-hydrogen) atoms. The van der Waals surface area contributed by atoms with E-state index >= 15 is 0 Å². The molecule has 10 nitrogen and oxygen atoms in total. The maximum Gasteiger partial charge on any atom is 0.251 e. The second-order valence-electron chi connectivity index (χ2n) is 14.5. The zero-order valence-corrected chi connectivity index (χ0v) is 30.2. The summed E-state index contributed by atoms with van der Waals surface area (Å²) >= 11 is 3.57. The quantitative estimate of drug-likeness (QED) is 0.260. The van der Waals surface area contributed by atoms with Crippen LogP contribution >= 0.6 is 15.9 Å². The van der Waals surface area contributed by atoms with Crippen molar-refractivity contribution in [2.75, 3.05) is 40.9 Å². The van der Waals surface area contributed by atoms with Gasteiger partial charge in [-0.25, -0.2) is 0 Å². The molecule has 4 aliphatic rings. The maximum atomic E-state index is 14.1. The van der Waals surface area contributed by atoms with Crippen LogP contribution in [0.5, 0.6) is 5.75 Å². The van der Waals surface area contributed by atoms with Crippen molar-refractivity contribution in [1.82, 2.24) is 20.6 Å². The molecule has 4 N–H and O–H groups in total. The maximum absolute atomic E-state index is 14.1. The number of amides is 2. The Labute approximate surface area is 287 Å². The number of benzene rings is 2. The van der Waals surface area contributed by atoms with Crippen LogP contribution in [0.4, 0.5) is 0 Å². The highest BCUT2D eigenvalue weighted by molar-refractivity contribution is 9.10. The first-order valence-electron chi connectivity index (χ1n) is 16.7. The van der Waals surface area contributed by atoms with E-state index < -0.39 is 24.2 Å². The van der Waals surface area contributed by atoms with E-state index in [0.29, 0.717) is 41.0 Å². The van der Waals surface area contributed by atoms with Crippen molar-refractivity contribution in [1.29, 1.82) is 0 Å². The lowest BCUT2D eigenvalue weighted by Gasteiger charge is -2.62. The number of aliphatic hydroxyl groups is 2. The summed E-state index contributed by atoms with van der Waals surface area (Å²) in [7, 11) is 5.51. The molecule has 6 rings (SSSR count). The fourth-order valence-electron chi connectivity index (χ4n) is 8.20. The summed E-state index contributed by atoms with van der Waals surface area (Å²) < 4.78 is 6.72. The molecule has 2 bridgehead atoms. The van der Waals surface area contributed by atoms with Crippen molar-refractivity contribution in [3.63, 3.8) is 0 Å². The predicted octanol–water partition coefficient (Wildman–Crippen LogP) is 4.08. The standard InChI is InChI=1S/C36H51BrN4O6/c1-20-28-16-25(36(28,3)4)17-29(20)39-35(45)32-31(21(2)43)30(19-42)47-41(32)18-22-9-8-10-27(33(22)46-7)23-13-24(15-26(37)14-23)34(44)38-11-12-40(5)6/h8-10,13-15,20-21,25,28-32,42-43H,11-12,16-19H2,1-7H3,(H,38,44)(H,39,45)/t20-,21?,25-,28-,29-,30-,31?,32-/m0/s1. The van der Waals surface area contributed by atoms with Gasteiger partial charge in [-0.1, -0.05) is 54.9 Å². The molecule has 3 aliphatic carbocycles. The first-order chi connectivity index (χ1) is 22.3. The highest BCUT2D eigenvalue weighted by atomic mass is 79.9. The Bertz CT molecular complexity index is 1450. The van der Waals surface area contributed by atoms with Gasteiger partial charge in [0.05, 0.1) is 26.4 Å². The zero-order valence-electron chi connectivity index (χ0n) is 28.6. The number of hydrogen-bond acceptors (Lipinski definition) is 8. The van der Waals surface area contributed by atoms with E-state index in [1.54, 1.807) is 25.2 Å². The largest absolute Gasteiger partial charge is 0.496 e. The van der Waals surface area contributed by atoms with Crippen molar-refractivity contribution in [3.05, 3.63) is 52.0 Å². The van der Waals surface area contributed by atoms with Crippen LogP contribution in [0.3, 0.4) is 0 Å². The van der Waals surface area contributed by atoms with E-state index in [-0.39, 0.29) is 31.0 Å². The van der Waals surface area contributed by atoms with Crippen LogP contribution in [-0.4, -0.2) is 97.2 Å². The predicted molar refractivity (Wildman–Crippen MR) is 185 cm³/mol. The molecule has 1 saturated heterocycles. The van der Waals surface area contributed by atoms with E-state index in [1.807, 2.05) is 49.3 Å². The normalized spacial score (nSPS) is 28.9. The molecule has 0 spiro atoms. The third-order valence-electron chi connectivity index (χ3n) is 11.0. The summed E-state index contributed by atoms with van der Waals surface area (Å²) in [5, 5.41) is 29.0. The molecule has 3 saturated carbocycles. The van der Waals surface area contributed by atoms with Crippen LogP contribution in [-0.2, 0) is 16.2 Å². The van der Waals surface area contributed by atoms with Crippen LogP contribution in [0.25, 0.3) is 11.1 Å². The Morgan fingerprint density at radius 2 is 1.96 bits per heavy atom. The fraction of sp³-hybridized carbons (Fsp3) is 0.611. The Hall–Kier alpha value is -2.54. The van der Waals surface area contributed by atoms with Gasteiger partial charge in [0.2, 0.25) is 5.91 Å². The molecule has 4 fully saturated rings. The number of para-hydroxylation sites is 1. The number of hydrogen-bond donors (Lipinski definition) is 4. The van der Waals surface area contributed by atoms with Crippen molar-refractivity contribution in [3.8, 4) is 16.9 Å². The third-order valence-corrected chi connectivity index (χ3v) is 11.5. The van der Waals surface area contributed by atoms with Crippen molar-refractivity contribution >= 4 is 27.7 Å². The molecule has 2 unspecified atom stereocenters. The first-order valence-corrected chi connectivity index (χ1v) is 17.5. The molecular formula is C36H51BrN4O6. The highest BCUT2D eigenvalue weighted by Crippen LogP contribution is 2.61. The number of hydroxylamine groups is 2. The van der Waals surface area contributed by atoms with Crippen LogP contribution in [0.15, 0.2) is 40.9 Å².